The molecule has 0 saturated carbocycles. The van der Waals surface area contributed by atoms with Crippen molar-refractivity contribution in [2.75, 3.05) is 0 Å². The van der Waals surface area contributed by atoms with Crippen molar-refractivity contribution in [3.05, 3.63) is 35.1 Å². The van der Waals surface area contributed by atoms with Crippen LogP contribution in [0.1, 0.15) is 29.3 Å². The maximum atomic E-state index is 12.8. The first-order valence-corrected chi connectivity index (χ1v) is 4.26. The number of alkyl halides is 3. The molecule has 5 heteroatoms. The van der Waals surface area contributed by atoms with Crippen molar-refractivity contribution in [3.63, 3.8) is 0 Å². The lowest BCUT2D eigenvalue weighted by Gasteiger charge is -2.08. The molecule has 0 radical (unpaired) electrons. The highest BCUT2D eigenvalue weighted by atomic mass is 19.4. The Morgan fingerprint density at radius 2 is 1.93 bits per heavy atom. The van der Waals surface area contributed by atoms with Crippen molar-refractivity contribution in [1.29, 1.82) is 0 Å². The third-order valence-electron chi connectivity index (χ3n) is 1.91. The Labute approximate surface area is 83.7 Å². The molecule has 0 saturated heterocycles. The van der Waals surface area contributed by atoms with Crippen LogP contribution in [0.2, 0.25) is 0 Å². The van der Waals surface area contributed by atoms with E-state index in [0.29, 0.717) is 12.1 Å². The molecule has 1 aromatic carbocycles. The Kier molecular flexibility index (Phi) is 3.12. The van der Waals surface area contributed by atoms with Gasteiger partial charge in [-0.15, -0.1) is 0 Å². The van der Waals surface area contributed by atoms with E-state index in [1.165, 1.54) is 6.92 Å². The quantitative estimate of drug-likeness (QED) is 0.551. The molecule has 0 amide bonds. The molecule has 0 fully saturated rings. The number of carbonyl (C=O) groups is 1. The molecule has 1 nitrogen and oxygen atoms in total. The summed E-state index contributed by atoms with van der Waals surface area (Å²) >= 11 is 0. The van der Waals surface area contributed by atoms with Crippen molar-refractivity contribution in [2.45, 2.75) is 19.5 Å². The van der Waals surface area contributed by atoms with Crippen molar-refractivity contribution >= 4 is 5.78 Å². The minimum atomic E-state index is -4.77. The second kappa shape index (κ2) is 4.00. The predicted molar refractivity (Wildman–Crippen MR) is 46.0 cm³/mol. The van der Waals surface area contributed by atoms with Crippen LogP contribution in [0.4, 0.5) is 17.6 Å². The van der Waals surface area contributed by atoms with Gasteiger partial charge in [-0.1, -0.05) is 6.92 Å². The summed E-state index contributed by atoms with van der Waals surface area (Å²) < 4.78 is 49.5. The lowest BCUT2D eigenvalue weighted by molar-refractivity contribution is -0.140. The average Bonchev–Trinajstić information content (AvgIpc) is 2.15. The van der Waals surface area contributed by atoms with Gasteiger partial charge in [0.1, 0.15) is 5.82 Å². The standard InChI is InChI=1S/C10H8F4O/c1-2-9(15)6-3-4-8(11)7(5-6)10(12,13)14/h3-5H,2H2,1H3. The molecule has 0 atom stereocenters. The lowest BCUT2D eigenvalue weighted by atomic mass is 10.1. The largest absolute Gasteiger partial charge is 0.419 e. The molecule has 0 bridgehead atoms. The SMILES string of the molecule is CCC(=O)c1ccc(F)c(C(F)(F)F)c1. The van der Waals surface area contributed by atoms with Crippen LogP contribution in [0.25, 0.3) is 0 Å². The molecule has 0 heterocycles. The highest BCUT2D eigenvalue weighted by Crippen LogP contribution is 2.32. The zero-order chi connectivity index (χ0) is 11.6. The summed E-state index contributed by atoms with van der Waals surface area (Å²) in [6.45, 7) is 1.53. The third-order valence-corrected chi connectivity index (χ3v) is 1.91. The lowest BCUT2D eigenvalue weighted by Crippen LogP contribution is -2.10. The van der Waals surface area contributed by atoms with E-state index in [1.54, 1.807) is 0 Å². The number of rotatable bonds is 2. The number of carbonyl (C=O) groups excluding carboxylic acids is 1. The summed E-state index contributed by atoms with van der Waals surface area (Å²) in [7, 11) is 0. The smallest absolute Gasteiger partial charge is 0.294 e. The number of hydrogen-bond donors (Lipinski definition) is 0. The number of hydrogen-bond acceptors (Lipinski definition) is 1. The molecule has 82 valence electrons. The zero-order valence-electron chi connectivity index (χ0n) is 7.86. The van der Waals surface area contributed by atoms with Crippen LogP contribution >= 0.6 is 0 Å². The fourth-order valence-corrected chi connectivity index (χ4v) is 1.12. The summed E-state index contributed by atoms with van der Waals surface area (Å²) in [6.07, 6.45) is -4.68. The van der Waals surface area contributed by atoms with Crippen LogP contribution in [0, 0.1) is 5.82 Å². The minimum absolute atomic E-state index is 0.0862. The van der Waals surface area contributed by atoms with E-state index in [2.05, 4.69) is 0 Å². The monoisotopic (exact) mass is 220 g/mol. The third kappa shape index (κ3) is 2.55. The van der Waals surface area contributed by atoms with Crippen LogP contribution in [0.3, 0.4) is 0 Å². The molecule has 0 unspecified atom stereocenters. The molecule has 15 heavy (non-hydrogen) atoms. The van der Waals surface area contributed by atoms with E-state index < -0.39 is 23.3 Å². The maximum Gasteiger partial charge on any atom is 0.419 e. The first-order valence-electron chi connectivity index (χ1n) is 4.26. The molecule has 0 aromatic heterocycles. The van der Waals surface area contributed by atoms with Gasteiger partial charge in [-0.3, -0.25) is 4.79 Å². The van der Waals surface area contributed by atoms with Gasteiger partial charge >= 0.3 is 6.18 Å². The van der Waals surface area contributed by atoms with Gasteiger partial charge in [-0.05, 0) is 18.2 Å². The Balaban J connectivity index is 3.23. The Morgan fingerprint density at radius 1 is 1.33 bits per heavy atom. The predicted octanol–water partition coefficient (Wildman–Crippen LogP) is 3.44. The maximum absolute atomic E-state index is 12.8. The van der Waals surface area contributed by atoms with Crippen LogP contribution in [-0.2, 0) is 6.18 Å². The minimum Gasteiger partial charge on any atom is -0.294 e. The Hall–Kier alpha value is -1.39. The van der Waals surface area contributed by atoms with Crippen molar-refractivity contribution in [3.8, 4) is 0 Å². The number of halogens is 4. The average molecular weight is 220 g/mol. The van der Waals surface area contributed by atoms with Crippen LogP contribution in [0.15, 0.2) is 18.2 Å². The second-order valence-electron chi connectivity index (χ2n) is 2.97. The molecular formula is C10H8F4O. The van der Waals surface area contributed by atoms with Gasteiger partial charge in [0.25, 0.3) is 0 Å². The van der Waals surface area contributed by atoms with Crippen LogP contribution in [-0.4, -0.2) is 5.78 Å². The van der Waals surface area contributed by atoms with E-state index in [1.807, 2.05) is 0 Å². The summed E-state index contributed by atoms with van der Waals surface area (Å²) in [5.74, 6) is -1.81. The van der Waals surface area contributed by atoms with Gasteiger partial charge in [0, 0.05) is 12.0 Å². The Bertz CT molecular complexity index is 381. The molecule has 0 N–H and O–H groups in total. The highest BCUT2D eigenvalue weighted by Gasteiger charge is 2.34. The summed E-state index contributed by atoms with van der Waals surface area (Å²) in [6, 6.07) is 2.25. The molecule has 0 spiro atoms. The number of ketones is 1. The number of Topliss-reactive ketones (excluding diaryl/α,β-unsaturated/α-hetero) is 1. The van der Waals surface area contributed by atoms with Gasteiger partial charge < -0.3 is 0 Å². The van der Waals surface area contributed by atoms with Crippen LogP contribution < -0.4 is 0 Å². The summed E-state index contributed by atoms with van der Waals surface area (Å²) in [5.41, 5.74) is -1.52. The molecule has 0 aliphatic heterocycles. The second-order valence-corrected chi connectivity index (χ2v) is 2.97. The van der Waals surface area contributed by atoms with Crippen molar-refractivity contribution < 1.29 is 22.4 Å². The van der Waals surface area contributed by atoms with E-state index in [4.69, 9.17) is 0 Å². The Morgan fingerprint density at radius 3 is 2.40 bits per heavy atom. The fourth-order valence-electron chi connectivity index (χ4n) is 1.12. The van der Waals surface area contributed by atoms with Gasteiger partial charge in [0.05, 0.1) is 5.56 Å². The van der Waals surface area contributed by atoms with Gasteiger partial charge in [-0.2, -0.15) is 13.2 Å². The molecule has 1 aromatic rings. The molecular weight excluding hydrogens is 212 g/mol. The van der Waals surface area contributed by atoms with Crippen molar-refractivity contribution in [1.82, 2.24) is 0 Å². The van der Waals surface area contributed by atoms with E-state index in [0.717, 1.165) is 6.07 Å². The van der Waals surface area contributed by atoms with Crippen LogP contribution in [0.5, 0.6) is 0 Å². The summed E-state index contributed by atoms with van der Waals surface area (Å²) in [5, 5.41) is 0. The normalized spacial score (nSPS) is 11.5. The van der Waals surface area contributed by atoms with E-state index >= 15 is 0 Å². The van der Waals surface area contributed by atoms with Gasteiger partial charge in [0.2, 0.25) is 0 Å². The van der Waals surface area contributed by atoms with Gasteiger partial charge in [-0.25, -0.2) is 4.39 Å². The van der Waals surface area contributed by atoms with E-state index in [-0.39, 0.29) is 12.0 Å². The van der Waals surface area contributed by atoms with E-state index in [9.17, 15) is 22.4 Å². The number of benzene rings is 1. The fraction of sp³-hybridized carbons (Fsp3) is 0.300. The van der Waals surface area contributed by atoms with Gasteiger partial charge in [0.15, 0.2) is 5.78 Å². The summed E-state index contributed by atoms with van der Waals surface area (Å²) in [4.78, 5) is 11.1. The first-order chi connectivity index (χ1) is 6.86. The topological polar surface area (TPSA) is 17.1 Å². The first kappa shape index (κ1) is 11.7. The molecule has 0 aliphatic rings. The molecule has 1 rings (SSSR count). The zero-order valence-corrected chi connectivity index (χ0v) is 7.86. The van der Waals surface area contributed by atoms with Crippen molar-refractivity contribution in [2.24, 2.45) is 0 Å². The highest BCUT2D eigenvalue weighted by molar-refractivity contribution is 5.96. The molecule has 0 aliphatic carbocycles.